The van der Waals surface area contributed by atoms with Crippen LogP contribution in [0.25, 0.3) is 16.6 Å². The van der Waals surface area contributed by atoms with Gasteiger partial charge in [0.1, 0.15) is 5.82 Å². The van der Waals surface area contributed by atoms with E-state index in [1.807, 2.05) is 36.1 Å². The molecule has 150 valence electrons. The molecule has 5 rings (SSSR count). The van der Waals surface area contributed by atoms with Gasteiger partial charge in [-0.2, -0.15) is 5.10 Å². The fourth-order valence-corrected chi connectivity index (χ4v) is 4.36. The standard InChI is InChI=1S/C25H22FN3O/c1-16-4-3-5-18(12-16)24-13-17(2)25(30)28(24)22-10-11-23-19(14-22)15-27-29(23)21-8-6-20(26)7-9-21/h3-12,14-15,17,24H,13H2,1-2H3/t17-,24-/m0/s1. The van der Waals surface area contributed by atoms with Crippen LogP contribution in [0, 0.1) is 18.7 Å². The number of carbonyl (C=O) groups is 1. The molecule has 1 amide bonds. The molecule has 4 nitrogen and oxygen atoms in total. The number of aromatic nitrogens is 2. The van der Waals surface area contributed by atoms with E-state index in [2.05, 4.69) is 30.2 Å². The van der Waals surface area contributed by atoms with Crippen molar-refractivity contribution in [2.75, 3.05) is 4.90 Å². The van der Waals surface area contributed by atoms with Crippen molar-refractivity contribution in [2.24, 2.45) is 5.92 Å². The van der Waals surface area contributed by atoms with E-state index in [0.29, 0.717) is 0 Å². The molecule has 0 unspecified atom stereocenters. The van der Waals surface area contributed by atoms with Gasteiger partial charge in [0.2, 0.25) is 5.91 Å². The Morgan fingerprint density at radius 1 is 1.00 bits per heavy atom. The first-order valence-electron chi connectivity index (χ1n) is 10.1. The van der Waals surface area contributed by atoms with Crippen molar-refractivity contribution in [2.45, 2.75) is 26.3 Å². The Bertz CT molecular complexity index is 1240. The van der Waals surface area contributed by atoms with Crippen molar-refractivity contribution in [3.63, 3.8) is 0 Å². The highest BCUT2D eigenvalue weighted by atomic mass is 19.1. The zero-order valence-corrected chi connectivity index (χ0v) is 16.9. The summed E-state index contributed by atoms with van der Waals surface area (Å²) >= 11 is 0. The summed E-state index contributed by atoms with van der Waals surface area (Å²) in [6.45, 7) is 4.07. The van der Waals surface area contributed by atoms with E-state index >= 15 is 0 Å². The minimum absolute atomic E-state index is 0.0202. The number of carbonyl (C=O) groups excluding carboxylic acids is 1. The quantitative estimate of drug-likeness (QED) is 0.451. The minimum Gasteiger partial charge on any atom is -0.305 e. The predicted molar refractivity (Wildman–Crippen MR) is 116 cm³/mol. The second-order valence-electron chi connectivity index (χ2n) is 8.05. The lowest BCUT2D eigenvalue weighted by atomic mass is 9.99. The fourth-order valence-electron chi connectivity index (χ4n) is 4.36. The van der Waals surface area contributed by atoms with Crippen LogP contribution < -0.4 is 4.90 Å². The van der Waals surface area contributed by atoms with E-state index in [-0.39, 0.29) is 23.7 Å². The van der Waals surface area contributed by atoms with Crippen LogP contribution in [0.15, 0.2) is 72.9 Å². The molecule has 5 heteroatoms. The van der Waals surface area contributed by atoms with Gasteiger partial charge in [0, 0.05) is 17.0 Å². The third kappa shape index (κ3) is 3.07. The van der Waals surface area contributed by atoms with Gasteiger partial charge in [-0.15, -0.1) is 0 Å². The molecule has 0 spiro atoms. The molecule has 1 saturated heterocycles. The zero-order valence-electron chi connectivity index (χ0n) is 16.9. The molecular weight excluding hydrogens is 377 g/mol. The van der Waals surface area contributed by atoms with E-state index in [9.17, 15) is 9.18 Å². The van der Waals surface area contributed by atoms with Gasteiger partial charge >= 0.3 is 0 Å². The van der Waals surface area contributed by atoms with E-state index in [4.69, 9.17) is 0 Å². The summed E-state index contributed by atoms with van der Waals surface area (Å²) in [5, 5.41) is 5.41. The summed E-state index contributed by atoms with van der Waals surface area (Å²) in [4.78, 5) is 15.0. The van der Waals surface area contributed by atoms with Crippen LogP contribution in [0.3, 0.4) is 0 Å². The number of aryl methyl sites for hydroxylation is 1. The Labute approximate surface area is 174 Å². The van der Waals surface area contributed by atoms with Crippen LogP contribution in [0.5, 0.6) is 0 Å². The van der Waals surface area contributed by atoms with Crippen LogP contribution in [0.4, 0.5) is 10.1 Å². The molecule has 3 aromatic carbocycles. The second kappa shape index (κ2) is 7.10. The highest BCUT2D eigenvalue weighted by Crippen LogP contribution is 2.40. The van der Waals surface area contributed by atoms with Gasteiger partial charge in [-0.05, 0) is 61.4 Å². The maximum absolute atomic E-state index is 13.3. The molecule has 1 aliphatic heterocycles. The Morgan fingerprint density at radius 2 is 1.77 bits per heavy atom. The monoisotopic (exact) mass is 399 g/mol. The molecule has 1 aliphatic rings. The molecule has 2 atom stereocenters. The van der Waals surface area contributed by atoms with E-state index in [1.54, 1.807) is 23.0 Å². The number of anilines is 1. The first-order chi connectivity index (χ1) is 14.5. The molecule has 0 saturated carbocycles. The van der Waals surface area contributed by atoms with Crippen LogP contribution in [0.2, 0.25) is 0 Å². The van der Waals surface area contributed by atoms with Gasteiger partial charge in [0.15, 0.2) is 0 Å². The van der Waals surface area contributed by atoms with Gasteiger partial charge < -0.3 is 4.90 Å². The Hall–Kier alpha value is -3.47. The molecule has 0 aliphatic carbocycles. The lowest BCUT2D eigenvalue weighted by Crippen LogP contribution is -2.28. The van der Waals surface area contributed by atoms with Crippen LogP contribution >= 0.6 is 0 Å². The van der Waals surface area contributed by atoms with Crippen molar-refractivity contribution in [1.82, 2.24) is 9.78 Å². The minimum atomic E-state index is -0.277. The number of hydrogen-bond donors (Lipinski definition) is 0. The molecular formula is C25H22FN3O. The molecule has 30 heavy (non-hydrogen) atoms. The van der Waals surface area contributed by atoms with Crippen LogP contribution in [-0.4, -0.2) is 15.7 Å². The molecule has 4 aromatic rings. The van der Waals surface area contributed by atoms with Crippen molar-refractivity contribution in [3.05, 3.63) is 89.9 Å². The number of nitrogens with zero attached hydrogens (tertiary/aromatic N) is 3. The molecule has 0 radical (unpaired) electrons. The van der Waals surface area contributed by atoms with E-state index in [0.717, 1.165) is 34.3 Å². The predicted octanol–water partition coefficient (Wildman–Crippen LogP) is 5.59. The second-order valence-corrected chi connectivity index (χ2v) is 8.05. The lowest BCUT2D eigenvalue weighted by molar-refractivity contribution is -0.120. The lowest BCUT2D eigenvalue weighted by Gasteiger charge is -2.25. The van der Waals surface area contributed by atoms with Gasteiger partial charge in [-0.3, -0.25) is 4.79 Å². The maximum atomic E-state index is 13.3. The van der Waals surface area contributed by atoms with Crippen LogP contribution in [0.1, 0.15) is 30.5 Å². The first-order valence-corrected chi connectivity index (χ1v) is 10.1. The average Bonchev–Trinajstić information content (AvgIpc) is 3.29. The first kappa shape index (κ1) is 18.6. The molecule has 0 N–H and O–H groups in total. The fraction of sp³-hybridized carbons (Fsp3) is 0.200. The summed E-state index contributed by atoms with van der Waals surface area (Å²) in [6.07, 6.45) is 2.59. The number of halogens is 1. The van der Waals surface area contributed by atoms with Gasteiger partial charge in [0.05, 0.1) is 23.4 Å². The SMILES string of the molecule is Cc1cccc([C@@H]2C[C@H](C)C(=O)N2c2ccc3c(cnn3-c3ccc(F)cc3)c2)c1. The van der Waals surface area contributed by atoms with Crippen molar-refractivity contribution in [1.29, 1.82) is 0 Å². The van der Waals surface area contributed by atoms with Gasteiger partial charge in [-0.1, -0.05) is 36.8 Å². The highest BCUT2D eigenvalue weighted by molar-refractivity contribution is 5.99. The number of amides is 1. The van der Waals surface area contributed by atoms with Crippen molar-refractivity contribution >= 4 is 22.5 Å². The molecule has 1 aromatic heterocycles. The zero-order chi connectivity index (χ0) is 20.8. The average molecular weight is 399 g/mol. The number of benzene rings is 3. The summed E-state index contributed by atoms with van der Waals surface area (Å²) in [5.41, 5.74) is 4.94. The van der Waals surface area contributed by atoms with E-state index in [1.165, 1.54) is 17.7 Å². The Balaban J connectivity index is 1.56. The number of hydrogen-bond acceptors (Lipinski definition) is 2. The van der Waals surface area contributed by atoms with Crippen molar-refractivity contribution < 1.29 is 9.18 Å². The summed E-state index contributed by atoms with van der Waals surface area (Å²) in [6, 6.07) is 20.6. The smallest absolute Gasteiger partial charge is 0.230 e. The Kier molecular flexibility index (Phi) is 4.39. The normalized spacial score (nSPS) is 19.0. The molecule has 2 heterocycles. The van der Waals surface area contributed by atoms with Gasteiger partial charge in [0.25, 0.3) is 0 Å². The van der Waals surface area contributed by atoms with Crippen LogP contribution in [-0.2, 0) is 4.79 Å². The third-order valence-electron chi connectivity index (χ3n) is 5.88. The topological polar surface area (TPSA) is 38.1 Å². The number of fused-ring (bicyclic) bond motifs is 1. The van der Waals surface area contributed by atoms with Crippen molar-refractivity contribution in [3.8, 4) is 5.69 Å². The van der Waals surface area contributed by atoms with E-state index < -0.39 is 0 Å². The largest absolute Gasteiger partial charge is 0.305 e. The Morgan fingerprint density at radius 3 is 2.53 bits per heavy atom. The van der Waals surface area contributed by atoms with Gasteiger partial charge in [-0.25, -0.2) is 9.07 Å². The molecule has 1 fully saturated rings. The summed E-state index contributed by atoms with van der Waals surface area (Å²) in [5.74, 6) is -0.152. The summed E-state index contributed by atoms with van der Waals surface area (Å²) < 4.78 is 15.1. The molecule has 0 bridgehead atoms. The maximum Gasteiger partial charge on any atom is 0.230 e. The highest BCUT2D eigenvalue weighted by Gasteiger charge is 2.38. The third-order valence-corrected chi connectivity index (χ3v) is 5.88. The number of rotatable bonds is 3. The summed E-state index contributed by atoms with van der Waals surface area (Å²) in [7, 11) is 0.